The summed E-state index contributed by atoms with van der Waals surface area (Å²) in [5.74, 6) is 0.917. The van der Waals surface area contributed by atoms with Crippen LogP contribution in [0.4, 0.5) is 0 Å². The second-order valence-electron chi connectivity index (χ2n) is 12.0. The lowest BCUT2D eigenvalue weighted by atomic mass is 9.87. The van der Waals surface area contributed by atoms with E-state index in [0.717, 1.165) is 78.3 Å². The van der Waals surface area contributed by atoms with Gasteiger partial charge in [0.05, 0.1) is 22.1 Å². The van der Waals surface area contributed by atoms with E-state index in [0.29, 0.717) is 44.1 Å². The number of unbranched alkanes of at least 4 members (excludes halogenated alkanes) is 3. The first kappa shape index (κ1) is 32.9. The highest BCUT2D eigenvalue weighted by Crippen LogP contribution is 2.49. The summed E-state index contributed by atoms with van der Waals surface area (Å²) in [5, 5.41) is 13.1. The van der Waals surface area contributed by atoms with Gasteiger partial charge >= 0.3 is 0 Å². The fraction of sp³-hybridized carbons (Fsp3) is 0.676. The van der Waals surface area contributed by atoms with Gasteiger partial charge in [-0.1, -0.05) is 63.8 Å². The van der Waals surface area contributed by atoms with Gasteiger partial charge < -0.3 is 28.8 Å². The van der Waals surface area contributed by atoms with Crippen molar-refractivity contribution >= 4 is 28.7 Å². The van der Waals surface area contributed by atoms with Crippen LogP contribution < -0.4 is 0 Å². The van der Waals surface area contributed by atoms with Crippen LogP contribution in [0.25, 0.3) is 5.76 Å². The molecule has 1 saturated heterocycles. The lowest BCUT2D eigenvalue weighted by molar-refractivity contribution is -0.280. The Kier molecular flexibility index (Phi) is 12.0. The van der Waals surface area contributed by atoms with Crippen molar-refractivity contribution in [3.05, 3.63) is 56.5 Å². The molecule has 2 aliphatic heterocycles. The molecule has 9 heteroatoms. The fourth-order valence-corrected chi connectivity index (χ4v) is 6.89. The third-order valence-electron chi connectivity index (χ3n) is 8.50. The molecule has 1 N–H and O–H groups in total. The SMILES string of the molecule is CCCCO[C@@H]1[C@@H](OCCCC)[C@H](c2ccc(Cl)c(Cc3ncc(C4=CCCO4)s3)c2)O[C@H](C2(O)CC2)[C@H]1OCCCC. The number of rotatable bonds is 17. The lowest BCUT2D eigenvalue weighted by Gasteiger charge is -2.48. The lowest BCUT2D eigenvalue weighted by Crippen LogP contribution is -2.61. The van der Waals surface area contributed by atoms with Crippen LogP contribution in [0, 0.1) is 0 Å². The van der Waals surface area contributed by atoms with Gasteiger partial charge in [0.25, 0.3) is 0 Å². The molecular formula is C34H48ClNO6S. The van der Waals surface area contributed by atoms with E-state index in [4.69, 9.17) is 35.3 Å². The second-order valence-corrected chi connectivity index (χ2v) is 13.5. The van der Waals surface area contributed by atoms with E-state index in [1.165, 1.54) is 0 Å². The Morgan fingerprint density at radius 1 is 0.977 bits per heavy atom. The average molecular weight is 634 g/mol. The van der Waals surface area contributed by atoms with Gasteiger partial charge in [-0.15, -0.1) is 11.3 Å². The number of nitrogens with zero attached hydrogens (tertiary/aromatic N) is 1. The minimum Gasteiger partial charge on any atom is -0.492 e. The van der Waals surface area contributed by atoms with Crippen molar-refractivity contribution in [2.45, 2.75) is 121 Å². The van der Waals surface area contributed by atoms with Crippen LogP contribution in [0.1, 0.15) is 106 Å². The standard InChI is InChI=1S/C34H48ClNO6S/c1-4-7-16-39-30-29(42-33(34(37)14-15-34)32(41-18-9-6-3)31(30)40-17-8-5-2)23-12-13-25(35)24(20-23)21-28-36-22-27(43-28)26-11-10-19-38-26/h11-13,20,22,29-33,37H,4-10,14-19,21H2,1-3H3/t29-,30-,31+,32-,33-/m0/s1. The predicted molar refractivity (Wildman–Crippen MR) is 171 cm³/mol. The molecule has 0 bridgehead atoms. The smallest absolute Gasteiger partial charge is 0.134 e. The summed E-state index contributed by atoms with van der Waals surface area (Å²) in [4.78, 5) is 5.71. The number of aromatic nitrogens is 1. The number of aliphatic hydroxyl groups is 1. The molecule has 1 saturated carbocycles. The van der Waals surface area contributed by atoms with E-state index in [9.17, 15) is 5.11 Å². The van der Waals surface area contributed by atoms with Crippen LogP contribution in [0.5, 0.6) is 0 Å². The molecule has 3 aliphatic rings. The molecule has 2 fully saturated rings. The van der Waals surface area contributed by atoms with Gasteiger partial charge in [-0.25, -0.2) is 4.98 Å². The van der Waals surface area contributed by atoms with Crippen molar-refractivity contribution in [1.82, 2.24) is 4.98 Å². The Bertz CT molecular complexity index is 1200. The summed E-state index contributed by atoms with van der Waals surface area (Å²) in [5.41, 5.74) is 1.02. The van der Waals surface area contributed by atoms with Gasteiger partial charge in [-0.05, 0) is 55.4 Å². The molecule has 5 rings (SSSR count). The molecule has 1 aromatic heterocycles. The Balaban J connectivity index is 1.45. The van der Waals surface area contributed by atoms with E-state index in [2.05, 4.69) is 37.9 Å². The van der Waals surface area contributed by atoms with E-state index in [1.54, 1.807) is 11.3 Å². The van der Waals surface area contributed by atoms with E-state index < -0.39 is 23.9 Å². The van der Waals surface area contributed by atoms with Gasteiger partial charge in [-0.2, -0.15) is 0 Å². The Hall–Kier alpha value is -1.52. The summed E-state index contributed by atoms with van der Waals surface area (Å²) in [6, 6.07) is 6.07. The predicted octanol–water partition coefficient (Wildman–Crippen LogP) is 7.67. The zero-order chi connectivity index (χ0) is 30.2. The van der Waals surface area contributed by atoms with Gasteiger partial charge in [0.2, 0.25) is 0 Å². The highest BCUT2D eigenvalue weighted by molar-refractivity contribution is 7.12. The molecule has 0 spiro atoms. The first-order valence-electron chi connectivity index (χ1n) is 16.3. The molecule has 1 aliphatic carbocycles. The highest BCUT2D eigenvalue weighted by atomic mass is 35.5. The van der Waals surface area contributed by atoms with Crippen LogP contribution in [-0.4, -0.2) is 66.5 Å². The summed E-state index contributed by atoms with van der Waals surface area (Å²) < 4.78 is 32.4. The summed E-state index contributed by atoms with van der Waals surface area (Å²) in [6.07, 6.45) is 10.7. The molecule has 1 aromatic carbocycles. The van der Waals surface area contributed by atoms with Gasteiger partial charge in [0.1, 0.15) is 36.3 Å². The summed E-state index contributed by atoms with van der Waals surface area (Å²) in [6.45, 7) is 9.01. The Morgan fingerprint density at radius 3 is 2.28 bits per heavy atom. The monoisotopic (exact) mass is 633 g/mol. The maximum atomic E-state index is 11.5. The zero-order valence-corrected chi connectivity index (χ0v) is 27.5. The Labute approximate surface area is 265 Å². The van der Waals surface area contributed by atoms with Crippen LogP contribution in [0.2, 0.25) is 5.02 Å². The van der Waals surface area contributed by atoms with Gasteiger partial charge in [0, 0.05) is 43.9 Å². The minimum atomic E-state index is -0.917. The van der Waals surface area contributed by atoms with Crippen LogP contribution in [0.3, 0.4) is 0 Å². The number of ether oxygens (including phenoxy) is 5. The largest absolute Gasteiger partial charge is 0.492 e. The topological polar surface area (TPSA) is 79.3 Å². The van der Waals surface area contributed by atoms with Gasteiger partial charge in [0.15, 0.2) is 0 Å². The number of halogens is 1. The van der Waals surface area contributed by atoms with Crippen molar-refractivity contribution in [1.29, 1.82) is 0 Å². The summed E-state index contributed by atoms with van der Waals surface area (Å²) in [7, 11) is 0. The molecule has 2 aromatic rings. The van der Waals surface area contributed by atoms with E-state index in [1.807, 2.05) is 18.3 Å². The molecule has 43 heavy (non-hydrogen) atoms. The maximum absolute atomic E-state index is 11.5. The average Bonchev–Trinajstić information content (AvgIpc) is 3.36. The minimum absolute atomic E-state index is 0.367. The number of thiazole rings is 1. The molecule has 7 nitrogen and oxygen atoms in total. The first-order valence-corrected chi connectivity index (χ1v) is 17.5. The molecular weight excluding hydrogens is 586 g/mol. The quantitative estimate of drug-likeness (QED) is 0.179. The van der Waals surface area contributed by atoms with Crippen LogP contribution >= 0.6 is 22.9 Å². The van der Waals surface area contributed by atoms with Crippen molar-refractivity contribution in [2.75, 3.05) is 26.4 Å². The number of benzene rings is 1. The molecule has 0 radical (unpaired) electrons. The second kappa shape index (κ2) is 15.7. The van der Waals surface area contributed by atoms with E-state index in [-0.39, 0.29) is 12.2 Å². The zero-order valence-electron chi connectivity index (χ0n) is 25.9. The molecule has 0 amide bonds. The number of hydrogen-bond donors (Lipinski definition) is 1. The first-order chi connectivity index (χ1) is 21.0. The normalized spacial score (nSPS) is 26.3. The fourth-order valence-electron chi connectivity index (χ4n) is 5.77. The molecule has 0 unspecified atom stereocenters. The highest BCUT2D eigenvalue weighted by Gasteiger charge is 2.60. The van der Waals surface area contributed by atoms with Crippen molar-refractivity contribution in [3.8, 4) is 0 Å². The van der Waals surface area contributed by atoms with Crippen LogP contribution in [0.15, 0.2) is 30.5 Å². The van der Waals surface area contributed by atoms with Crippen molar-refractivity contribution < 1.29 is 28.8 Å². The Morgan fingerprint density at radius 2 is 1.65 bits per heavy atom. The summed E-state index contributed by atoms with van der Waals surface area (Å²) >= 11 is 8.39. The van der Waals surface area contributed by atoms with Gasteiger partial charge in [-0.3, -0.25) is 0 Å². The van der Waals surface area contributed by atoms with Crippen molar-refractivity contribution in [3.63, 3.8) is 0 Å². The third-order valence-corrected chi connectivity index (χ3v) is 9.88. The van der Waals surface area contributed by atoms with Crippen LogP contribution in [-0.2, 0) is 30.1 Å². The van der Waals surface area contributed by atoms with E-state index >= 15 is 0 Å². The third kappa shape index (κ3) is 8.20. The molecule has 3 heterocycles. The maximum Gasteiger partial charge on any atom is 0.134 e. The molecule has 238 valence electrons. The van der Waals surface area contributed by atoms with Crippen molar-refractivity contribution in [2.24, 2.45) is 0 Å². The number of hydrogen-bond acceptors (Lipinski definition) is 8. The molecule has 5 atom stereocenters.